The van der Waals surface area contributed by atoms with Crippen molar-refractivity contribution in [2.24, 2.45) is 13.0 Å². The van der Waals surface area contributed by atoms with Gasteiger partial charge in [0.2, 0.25) is 0 Å². The number of aliphatic hydroxyl groups excluding tert-OH is 1. The maximum absolute atomic E-state index is 9.70. The molecule has 1 unspecified atom stereocenters. The van der Waals surface area contributed by atoms with Crippen molar-refractivity contribution in [2.45, 2.75) is 6.10 Å². The molecule has 1 saturated heterocycles. The van der Waals surface area contributed by atoms with Crippen LogP contribution in [-0.2, 0) is 7.05 Å². The summed E-state index contributed by atoms with van der Waals surface area (Å²) in [6.45, 7) is 1.75. The molecule has 0 aliphatic carbocycles. The lowest BCUT2D eigenvalue weighted by molar-refractivity contribution is 0.0730. The van der Waals surface area contributed by atoms with Crippen molar-refractivity contribution in [3.8, 4) is 0 Å². The number of hydrogen-bond acceptors (Lipinski definition) is 4. The minimum absolute atomic E-state index is 0.307. The molecule has 0 spiro atoms. The fourth-order valence-corrected chi connectivity index (χ4v) is 1.28. The molecule has 0 radical (unpaired) electrons. The molecule has 0 aromatic carbocycles. The van der Waals surface area contributed by atoms with E-state index in [9.17, 15) is 5.11 Å². The van der Waals surface area contributed by atoms with Crippen LogP contribution in [0.15, 0.2) is 6.20 Å². The fourth-order valence-electron chi connectivity index (χ4n) is 1.28. The van der Waals surface area contributed by atoms with Crippen LogP contribution in [0.5, 0.6) is 0 Å². The average molecular weight is 168 g/mol. The predicted octanol–water partition coefficient (Wildman–Crippen LogP) is -0.932. The van der Waals surface area contributed by atoms with E-state index in [0.29, 0.717) is 11.6 Å². The lowest BCUT2D eigenvalue weighted by Gasteiger charge is -2.30. The van der Waals surface area contributed by atoms with Gasteiger partial charge in [-0.1, -0.05) is 5.21 Å². The lowest BCUT2D eigenvalue weighted by Crippen LogP contribution is -2.45. The number of aliphatic hydroxyl groups is 1. The fraction of sp³-hybridized carbons (Fsp3) is 0.714. The van der Waals surface area contributed by atoms with E-state index < -0.39 is 6.10 Å². The highest BCUT2D eigenvalue weighted by Crippen LogP contribution is 2.22. The SMILES string of the molecule is Cn1cc(C(O)C2CNC2)nn1. The van der Waals surface area contributed by atoms with Crippen LogP contribution in [-0.4, -0.2) is 33.2 Å². The van der Waals surface area contributed by atoms with Crippen LogP contribution < -0.4 is 5.32 Å². The zero-order valence-corrected chi connectivity index (χ0v) is 6.94. The summed E-state index contributed by atoms with van der Waals surface area (Å²) in [6, 6.07) is 0. The molecule has 5 nitrogen and oxygen atoms in total. The Hall–Kier alpha value is -0.940. The van der Waals surface area contributed by atoms with Crippen LogP contribution >= 0.6 is 0 Å². The van der Waals surface area contributed by atoms with E-state index in [2.05, 4.69) is 15.6 Å². The molecule has 1 aromatic heterocycles. The van der Waals surface area contributed by atoms with Gasteiger partial charge in [0, 0.05) is 26.1 Å². The number of nitrogens with one attached hydrogen (secondary N) is 1. The van der Waals surface area contributed by atoms with Gasteiger partial charge in [-0.15, -0.1) is 5.10 Å². The minimum Gasteiger partial charge on any atom is -0.386 e. The Morgan fingerprint density at radius 1 is 1.75 bits per heavy atom. The first-order valence-electron chi connectivity index (χ1n) is 4.02. The van der Waals surface area contributed by atoms with Gasteiger partial charge in [-0.3, -0.25) is 4.68 Å². The molecule has 2 rings (SSSR count). The van der Waals surface area contributed by atoms with Crippen LogP contribution in [0.1, 0.15) is 11.8 Å². The number of aromatic nitrogens is 3. The highest BCUT2D eigenvalue weighted by Gasteiger charge is 2.28. The molecule has 1 atom stereocenters. The lowest BCUT2D eigenvalue weighted by atomic mass is 9.95. The highest BCUT2D eigenvalue weighted by molar-refractivity contribution is 5.01. The Morgan fingerprint density at radius 2 is 2.50 bits per heavy atom. The van der Waals surface area contributed by atoms with E-state index in [-0.39, 0.29) is 0 Å². The number of hydrogen-bond donors (Lipinski definition) is 2. The second-order valence-electron chi connectivity index (χ2n) is 3.18. The third-order valence-corrected chi connectivity index (χ3v) is 2.18. The van der Waals surface area contributed by atoms with Gasteiger partial charge >= 0.3 is 0 Å². The normalized spacial score (nSPS) is 20.5. The van der Waals surface area contributed by atoms with E-state index in [1.54, 1.807) is 17.9 Å². The van der Waals surface area contributed by atoms with Crippen molar-refractivity contribution in [3.63, 3.8) is 0 Å². The van der Waals surface area contributed by atoms with E-state index in [1.165, 1.54) is 0 Å². The second-order valence-corrected chi connectivity index (χ2v) is 3.18. The molecule has 0 saturated carbocycles. The zero-order chi connectivity index (χ0) is 8.55. The van der Waals surface area contributed by atoms with Gasteiger partial charge in [0.25, 0.3) is 0 Å². The third kappa shape index (κ3) is 1.21. The van der Waals surface area contributed by atoms with Crippen molar-refractivity contribution in [1.82, 2.24) is 20.3 Å². The van der Waals surface area contributed by atoms with Gasteiger partial charge in [0.15, 0.2) is 0 Å². The molecule has 1 aliphatic heterocycles. The predicted molar refractivity (Wildman–Crippen MR) is 42.3 cm³/mol. The van der Waals surface area contributed by atoms with Gasteiger partial charge in [-0.05, 0) is 0 Å². The molecular weight excluding hydrogens is 156 g/mol. The van der Waals surface area contributed by atoms with Gasteiger partial charge in [0.1, 0.15) is 11.8 Å². The monoisotopic (exact) mass is 168 g/mol. The molecule has 1 aromatic rings. The summed E-state index contributed by atoms with van der Waals surface area (Å²) in [7, 11) is 1.79. The standard InChI is InChI=1S/C7H12N4O/c1-11-4-6(9-10-11)7(12)5-2-8-3-5/h4-5,7-8,12H,2-3H2,1H3. The first-order chi connectivity index (χ1) is 5.77. The van der Waals surface area contributed by atoms with Gasteiger partial charge in [-0.25, -0.2) is 0 Å². The van der Waals surface area contributed by atoms with E-state index in [4.69, 9.17) is 0 Å². The molecule has 0 bridgehead atoms. The van der Waals surface area contributed by atoms with E-state index >= 15 is 0 Å². The Morgan fingerprint density at radius 3 is 2.92 bits per heavy atom. The second kappa shape index (κ2) is 2.84. The van der Waals surface area contributed by atoms with Crippen molar-refractivity contribution < 1.29 is 5.11 Å². The summed E-state index contributed by atoms with van der Waals surface area (Å²) < 4.78 is 1.60. The van der Waals surface area contributed by atoms with Crippen molar-refractivity contribution >= 4 is 0 Å². The van der Waals surface area contributed by atoms with Gasteiger partial charge < -0.3 is 10.4 Å². The van der Waals surface area contributed by atoms with Crippen LogP contribution in [0, 0.1) is 5.92 Å². The molecule has 1 aliphatic rings. The molecule has 2 heterocycles. The van der Waals surface area contributed by atoms with Crippen LogP contribution in [0.4, 0.5) is 0 Å². The Balaban J connectivity index is 2.08. The minimum atomic E-state index is -0.458. The number of nitrogens with zero attached hydrogens (tertiary/aromatic N) is 3. The zero-order valence-electron chi connectivity index (χ0n) is 6.94. The molecule has 5 heteroatoms. The van der Waals surface area contributed by atoms with Crippen LogP contribution in [0.25, 0.3) is 0 Å². The maximum Gasteiger partial charge on any atom is 0.112 e. The molecule has 2 N–H and O–H groups in total. The van der Waals surface area contributed by atoms with Crippen molar-refractivity contribution in [1.29, 1.82) is 0 Å². The number of aryl methyl sites for hydroxylation is 1. The molecule has 1 fully saturated rings. The molecule has 12 heavy (non-hydrogen) atoms. The number of rotatable bonds is 2. The van der Waals surface area contributed by atoms with Crippen LogP contribution in [0.3, 0.4) is 0 Å². The highest BCUT2D eigenvalue weighted by atomic mass is 16.3. The summed E-state index contributed by atoms with van der Waals surface area (Å²) in [5.41, 5.74) is 0.670. The van der Waals surface area contributed by atoms with Crippen molar-refractivity contribution in [2.75, 3.05) is 13.1 Å². The maximum atomic E-state index is 9.70. The largest absolute Gasteiger partial charge is 0.386 e. The van der Waals surface area contributed by atoms with E-state index in [1.807, 2.05) is 0 Å². The summed E-state index contributed by atoms with van der Waals surface area (Å²) >= 11 is 0. The van der Waals surface area contributed by atoms with Crippen LogP contribution in [0.2, 0.25) is 0 Å². The topological polar surface area (TPSA) is 63.0 Å². The molecule has 66 valence electrons. The van der Waals surface area contributed by atoms with Gasteiger partial charge in [-0.2, -0.15) is 0 Å². The van der Waals surface area contributed by atoms with E-state index in [0.717, 1.165) is 13.1 Å². The Kier molecular flexibility index (Phi) is 1.82. The Labute approximate surface area is 70.4 Å². The third-order valence-electron chi connectivity index (χ3n) is 2.18. The quantitative estimate of drug-likeness (QED) is 0.598. The van der Waals surface area contributed by atoms with Crippen molar-refractivity contribution in [3.05, 3.63) is 11.9 Å². The average Bonchev–Trinajstić information content (AvgIpc) is 2.31. The summed E-state index contributed by atoms with van der Waals surface area (Å²) in [5, 5.41) is 20.4. The summed E-state index contributed by atoms with van der Waals surface area (Å²) in [5.74, 6) is 0.307. The smallest absolute Gasteiger partial charge is 0.112 e. The van der Waals surface area contributed by atoms with Gasteiger partial charge in [0.05, 0.1) is 6.20 Å². The molecule has 0 amide bonds. The first kappa shape index (κ1) is 7.70. The Bertz CT molecular complexity index is 268. The summed E-state index contributed by atoms with van der Waals surface area (Å²) in [4.78, 5) is 0. The molecular formula is C7H12N4O. The summed E-state index contributed by atoms with van der Waals surface area (Å²) in [6.07, 6.45) is 1.29. The first-order valence-corrected chi connectivity index (χ1v) is 4.02.